The first-order chi connectivity index (χ1) is 14.2. The van der Waals surface area contributed by atoms with E-state index in [-0.39, 0.29) is 5.75 Å². The molecule has 29 heavy (non-hydrogen) atoms. The maximum atomic E-state index is 9.57. The summed E-state index contributed by atoms with van der Waals surface area (Å²) in [4.78, 5) is 4.41. The van der Waals surface area contributed by atoms with Gasteiger partial charge in [0.1, 0.15) is 18.1 Å². The first-order valence-corrected chi connectivity index (χ1v) is 10.0. The molecule has 0 saturated heterocycles. The number of allylic oxidation sites excluding steroid dienone is 2. The summed E-state index contributed by atoms with van der Waals surface area (Å²) in [5.74, 6) is 1.05. The van der Waals surface area contributed by atoms with E-state index in [4.69, 9.17) is 4.74 Å². The Bertz CT molecular complexity index is 917. The van der Waals surface area contributed by atoms with Gasteiger partial charge in [0.15, 0.2) is 0 Å². The van der Waals surface area contributed by atoms with Crippen molar-refractivity contribution in [3.8, 4) is 11.5 Å². The standard InChI is InChI=1S/C25H28N2O2/c1-3-24(19-7-5-4-6-8-19)25(17-21-11-12-22(28)18-27-21)20-9-13-23(14-10-20)29-16-15-26-2/h4-14,18,26,28H,3,15-17H2,1-2H3. The molecule has 0 unspecified atom stereocenters. The number of nitrogens with zero attached hydrogens (tertiary/aromatic N) is 1. The van der Waals surface area contributed by atoms with Gasteiger partial charge in [0.25, 0.3) is 0 Å². The van der Waals surface area contributed by atoms with Gasteiger partial charge in [0.2, 0.25) is 0 Å². The number of likely N-dealkylation sites (N-methyl/N-ethyl adjacent to an activating group) is 1. The molecule has 3 rings (SSSR count). The van der Waals surface area contributed by atoms with Crippen LogP contribution >= 0.6 is 0 Å². The van der Waals surface area contributed by atoms with Crippen LogP contribution in [0.2, 0.25) is 0 Å². The van der Waals surface area contributed by atoms with Crippen LogP contribution in [0.25, 0.3) is 11.1 Å². The van der Waals surface area contributed by atoms with Crippen LogP contribution in [0.1, 0.15) is 30.2 Å². The Kier molecular flexibility index (Phi) is 7.42. The second-order valence-corrected chi connectivity index (χ2v) is 6.84. The van der Waals surface area contributed by atoms with Crippen molar-refractivity contribution in [2.45, 2.75) is 19.8 Å². The number of aromatic nitrogens is 1. The summed E-state index contributed by atoms with van der Waals surface area (Å²) in [6, 6.07) is 22.3. The van der Waals surface area contributed by atoms with Gasteiger partial charge in [-0.25, -0.2) is 0 Å². The van der Waals surface area contributed by atoms with Crippen LogP contribution in [0.3, 0.4) is 0 Å². The second kappa shape index (κ2) is 10.4. The van der Waals surface area contributed by atoms with Gasteiger partial charge in [-0.3, -0.25) is 4.98 Å². The predicted molar refractivity (Wildman–Crippen MR) is 119 cm³/mol. The molecule has 0 spiro atoms. The van der Waals surface area contributed by atoms with Crippen LogP contribution in [0.4, 0.5) is 0 Å². The van der Waals surface area contributed by atoms with Gasteiger partial charge in [0, 0.05) is 18.7 Å². The Labute approximate surface area is 172 Å². The van der Waals surface area contributed by atoms with Crippen LogP contribution in [-0.2, 0) is 6.42 Å². The summed E-state index contributed by atoms with van der Waals surface area (Å²) < 4.78 is 5.77. The van der Waals surface area contributed by atoms with Crippen molar-refractivity contribution in [3.63, 3.8) is 0 Å². The van der Waals surface area contributed by atoms with Crippen molar-refractivity contribution in [1.29, 1.82) is 0 Å². The first kappa shape index (κ1) is 20.6. The smallest absolute Gasteiger partial charge is 0.133 e. The minimum absolute atomic E-state index is 0.182. The third kappa shape index (κ3) is 5.69. The van der Waals surface area contributed by atoms with Crippen molar-refractivity contribution >= 4 is 11.1 Å². The van der Waals surface area contributed by atoms with Gasteiger partial charge < -0.3 is 15.2 Å². The Balaban J connectivity index is 1.98. The summed E-state index contributed by atoms with van der Waals surface area (Å²) in [6.07, 6.45) is 3.11. The van der Waals surface area contributed by atoms with Gasteiger partial charge in [-0.1, -0.05) is 49.4 Å². The number of rotatable bonds is 9. The van der Waals surface area contributed by atoms with Gasteiger partial charge >= 0.3 is 0 Å². The van der Waals surface area contributed by atoms with E-state index in [1.165, 1.54) is 22.9 Å². The fourth-order valence-corrected chi connectivity index (χ4v) is 3.34. The number of benzene rings is 2. The highest BCUT2D eigenvalue weighted by molar-refractivity contribution is 5.91. The van der Waals surface area contributed by atoms with Crippen molar-refractivity contribution in [2.75, 3.05) is 20.2 Å². The van der Waals surface area contributed by atoms with E-state index in [1.807, 2.05) is 31.3 Å². The molecule has 4 nitrogen and oxygen atoms in total. The van der Waals surface area contributed by atoms with E-state index >= 15 is 0 Å². The molecule has 0 saturated carbocycles. The normalized spacial score (nSPS) is 11.8. The molecule has 2 N–H and O–H groups in total. The summed E-state index contributed by atoms with van der Waals surface area (Å²) in [5.41, 5.74) is 5.83. The van der Waals surface area contributed by atoms with Crippen LogP contribution in [0.15, 0.2) is 72.9 Å². The summed E-state index contributed by atoms with van der Waals surface area (Å²) >= 11 is 0. The Morgan fingerprint density at radius 2 is 1.66 bits per heavy atom. The minimum atomic E-state index is 0.182. The van der Waals surface area contributed by atoms with Crippen molar-refractivity contribution in [3.05, 3.63) is 89.7 Å². The highest BCUT2D eigenvalue weighted by Gasteiger charge is 2.12. The summed E-state index contributed by atoms with van der Waals surface area (Å²) in [6.45, 7) is 3.63. The molecule has 2 aromatic carbocycles. The van der Waals surface area contributed by atoms with Gasteiger partial charge in [-0.15, -0.1) is 0 Å². The zero-order chi connectivity index (χ0) is 20.5. The Morgan fingerprint density at radius 1 is 0.931 bits per heavy atom. The van der Waals surface area contributed by atoms with E-state index in [1.54, 1.807) is 6.07 Å². The molecule has 1 heterocycles. The minimum Gasteiger partial charge on any atom is -0.506 e. The number of ether oxygens (including phenoxy) is 1. The molecule has 0 aliphatic heterocycles. The molecule has 1 aromatic heterocycles. The van der Waals surface area contributed by atoms with Crippen LogP contribution in [-0.4, -0.2) is 30.3 Å². The lowest BCUT2D eigenvalue weighted by atomic mass is 9.90. The number of nitrogens with one attached hydrogen (secondary N) is 1. The molecule has 3 aromatic rings. The molecule has 0 aliphatic carbocycles. The van der Waals surface area contributed by atoms with Crippen LogP contribution in [0.5, 0.6) is 11.5 Å². The molecule has 0 amide bonds. The topological polar surface area (TPSA) is 54.4 Å². The highest BCUT2D eigenvalue weighted by atomic mass is 16.5. The largest absolute Gasteiger partial charge is 0.506 e. The molecular weight excluding hydrogens is 360 g/mol. The second-order valence-electron chi connectivity index (χ2n) is 6.84. The van der Waals surface area contributed by atoms with Crippen molar-refractivity contribution in [1.82, 2.24) is 10.3 Å². The fourth-order valence-electron chi connectivity index (χ4n) is 3.34. The summed E-state index contributed by atoms with van der Waals surface area (Å²) in [5, 5.41) is 12.6. The lowest BCUT2D eigenvalue weighted by Crippen LogP contribution is -2.15. The third-order valence-corrected chi connectivity index (χ3v) is 4.83. The molecular formula is C25H28N2O2. The average molecular weight is 389 g/mol. The third-order valence-electron chi connectivity index (χ3n) is 4.83. The van der Waals surface area contributed by atoms with Crippen molar-refractivity contribution < 1.29 is 9.84 Å². The summed E-state index contributed by atoms with van der Waals surface area (Å²) in [7, 11) is 1.91. The number of pyridine rings is 1. The van der Waals surface area contributed by atoms with Crippen LogP contribution in [0, 0.1) is 0 Å². The van der Waals surface area contributed by atoms with E-state index in [2.05, 4.69) is 53.6 Å². The zero-order valence-electron chi connectivity index (χ0n) is 17.1. The van der Waals surface area contributed by atoms with Crippen LogP contribution < -0.4 is 10.1 Å². The number of hydrogen-bond donors (Lipinski definition) is 2. The van der Waals surface area contributed by atoms with E-state index in [0.29, 0.717) is 13.0 Å². The highest BCUT2D eigenvalue weighted by Crippen LogP contribution is 2.32. The van der Waals surface area contributed by atoms with Gasteiger partial charge in [0.05, 0.1) is 6.20 Å². The monoisotopic (exact) mass is 388 g/mol. The quantitative estimate of drug-likeness (QED) is 0.402. The zero-order valence-corrected chi connectivity index (χ0v) is 17.1. The van der Waals surface area contributed by atoms with E-state index in [9.17, 15) is 5.11 Å². The lowest BCUT2D eigenvalue weighted by Gasteiger charge is -2.16. The molecule has 0 bridgehead atoms. The lowest BCUT2D eigenvalue weighted by molar-refractivity contribution is 0.318. The predicted octanol–water partition coefficient (Wildman–Crippen LogP) is 4.95. The molecule has 0 aliphatic rings. The number of aromatic hydroxyl groups is 1. The molecule has 0 radical (unpaired) electrons. The van der Waals surface area contributed by atoms with E-state index < -0.39 is 0 Å². The number of hydrogen-bond acceptors (Lipinski definition) is 4. The van der Waals surface area contributed by atoms with E-state index in [0.717, 1.165) is 30.0 Å². The SMILES string of the molecule is CCC(=C(Cc1ccc(O)cn1)c1ccc(OCCNC)cc1)c1ccccc1. The maximum absolute atomic E-state index is 9.57. The average Bonchev–Trinajstić information content (AvgIpc) is 2.76. The van der Waals surface area contributed by atoms with Gasteiger partial charge in [-0.2, -0.15) is 0 Å². The molecule has 0 atom stereocenters. The first-order valence-electron chi connectivity index (χ1n) is 10.0. The van der Waals surface area contributed by atoms with Gasteiger partial charge in [-0.05, 0) is 60.0 Å². The maximum Gasteiger partial charge on any atom is 0.133 e. The molecule has 150 valence electrons. The Hall–Kier alpha value is -3.11. The Morgan fingerprint density at radius 3 is 2.28 bits per heavy atom. The van der Waals surface area contributed by atoms with Crippen molar-refractivity contribution in [2.24, 2.45) is 0 Å². The molecule has 0 fully saturated rings. The fraction of sp³-hybridized carbons (Fsp3) is 0.240. The molecule has 4 heteroatoms.